The number of likely N-dealkylation sites (tertiary alicyclic amines) is 2. The summed E-state index contributed by atoms with van der Waals surface area (Å²) < 4.78 is 11.2. The molecule has 1 unspecified atom stereocenters. The zero-order chi connectivity index (χ0) is 40.3. The fourth-order valence-electron chi connectivity index (χ4n) is 8.76. The van der Waals surface area contributed by atoms with Crippen LogP contribution < -0.4 is 21.9 Å². The molecule has 0 bridgehead atoms. The molecule has 8 nitrogen and oxygen atoms in total. The summed E-state index contributed by atoms with van der Waals surface area (Å²) in [5, 5.41) is 13.9. The second-order valence-electron chi connectivity index (χ2n) is 16.0. The van der Waals surface area contributed by atoms with E-state index in [1.165, 1.54) is 25.9 Å². The van der Waals surface area contributed by atoms with Gasteiger partial charge >= 0.3 is 23.1 Å². The maximum absolute atomic E-state index is 12.9. The number of aliphatic hydroxyl groups is 1. The summed E-state index contributed by atoms with van der Waals surface area (Å²) in [7, 11) is 7.56. The van der Waals surface area contributed by atoms with Gasteiger partial charge in [0.15, 0.2) is 0 Å². The fraction of sp³-hybridized carbons (Fsp3) is 0.478. The minimum atomic E-state index is -1.20. The third-order valence-corrected chi connectivity index (χ3v) is 12.9. The van der Waals surface area contributed by atoms with Crippen molar-refractivity contribution in [3.63, 3.8) is 0 Å². The number of pyridine rings is 2. The van der Waals surface area contributed by atoms with Gasteiger partial charge in [-0.05, 0) is 163 Å². The largest absolute Gasteiger partial charge is 2.00 e. The van der Waals surface area contributed by atoms with E-state index < -0.39 is 5.60 Å². The molecule has 308 valence electrons. The maximum atomic E-state index is 12.9. The quantitative estimate of drug-likeness (QED) is 0.221. The Balaban J connectivity index is 0.000000219. The molecule has 0 radical (unpaired) electrons. The Hall–Kier alpha value is -2.47. The Morgan fingerprint density at radius 2 is 1.28 bits per heavy atom. The Labute approximate surface area is 378 Å². The summed E-state index contributed by atoms with van der Waals surface area (Å²) in [5.41, 5.74) is 9.55. The van der Waals surface area contributed by atoms with Crippen molar-refractivity contribution >= 4 is 52.0 Å². The van der Waals surface area contributed by atoms with Crippen LogP contribution in [-0.2, 0) is 31.3 Å². The zero-order valence-corrected chi connectivity index (χ0v) is 39.1. The van der Waals surface area contributed by atoms with Crippen LogP contribution >= 0.6 is 23.2 Å². The number of ether oxygens (including phenoxy) is 2. The molecule has 0 amide bonds. The third kappa shape index (κ3) is 10.00. The second-order valence-corrected chi connectivity index (χ2v) is 16.8. The summed E-state index contributed by atoms with van der Waals surface area (Å²) >= 11 is 13.2. The van der Waals surface area contributed by atoms with Crippen molar-refractivity contribution < 1.29 is 31.8 Å². The van der Waals surface area contributed by atoms with Crippen LogP contribution in [0.5, 0.6) is 11.5 Å². The standard InChI is InChI=1S/C23H29ClN2O2.C17H16ClNO2.C6H12N.ClH.Mg/c1-14-11-16-5-6-18-20(19(28-4)12-15(2)21(18)24)23(27,22(16)25-13-14)17-7-9-26(3)10-8-17;1-9-6-11-4-5-12-14(17(20)16(11)19-8-9)13(21-3)7-10(2)15(12)18;1-7-5-3-2-4-6-7;;/h11-13,17,27H,5-10H2,1-4H3;6-8H,4-5H2,1-3H3;2H,3-6H2,1H3;1H;/q;;-1;;+2/p-1. The maximum Gasteiger partial charge on any atom is 2.00 e. The van der Waals surface area contributed by atoms with Gasteiger partial charge in [0.1, 0.15) is 22.8 Å². The van der Waals surface area contributed by atoms with Crippen molar-refractivity contribution in [3.8, 4) is 11.5 Å². The molecular formula is C46H57Cl3MgN4O4. The molecule has 2 aliphatic carbocycles. The average Bonchev–Trinajstić information content (AvgIpc) is 3.41. The van der Waals surface area contributed by atoms with Crippen LogP contribution in [0.15, 0.2) is 36.7 Å². The van der Waals surface area contributed by atoms with Crippen LogP contribution in [0, 0.1) is 40.0 Å². The number of aryl methyl sites for hydroxylation is 6. The van der Waals surface area contributed by atoms with Gasteiger partial charge in [0.2, 0.25) is 5.78 Å². The molecule has 2 aromatic carbocycles. The first kappa shape index (κ1) is 48.2. The summed E-state index contributed by atoms with van der Waals surface area (Å²) in [6, 6.07) is 7.97. The van der Waals surface area contributed by atoms with Gasteiger partial charge in [0.05, 0.1) is 25.5 Å². The number of carbonyl (C=O) groups excluding carboxylic acids is 1. The molecule has 2 aliphatic heterocycles. The van der Waals surface area contributed by atoms with Gasteiger partial charge < -0.3 is 43.2 Å². The number of aromatic nitrogens is 2. The van der Waals surface area contributed by atoms with E-state index in [1.807, 2.05) is 45.2 Å². The van der Waals surface area contributed by atoms with E-state index in [0.717, 1.165) is 112 Å². The number of hydrogen-bond donors (Lipinski definition) is 1. The molecule has 1 atom stereocenters. The van der Waals surface area contributed by atoms with Crippen LogP contribution in [0.2, 0.25) is 10.0 Å². The minimum Gasteiger partial charge on any atom is -1.00 e. The average molecular weight is 861 g/mol. The molecule has 12 heteroatoms. The van der Waals surface area contributed by atoms with E-state index in [4.69, 9.17) is 37.7 Å². The van der Waals surface area contributed by atoms with Crippen LogP contribution in [0.25, 0.3) is 0 Å². The number of rotatable bonds is 3. The van der Waals surface area contributed by atoms with Gasteiger partial charge in [0.25, 0.3) is 0 Å². The molecule has 2 aromatic heterocycles. The topological polar surface area (TPSA) is 88.0 Å². The predicted octanol–water partition coefficient (Wildman–Crippen LogP) is 5.27. The van der Waals surface area contributed by atoms with Crippen LogP contribution in [0.3, 0.4) is 0 Å². The van der Waals surface area contributed by atoms with E-state index >= 15 is 0 Å². The van der Waals surface area contributed by atoms with Crippen molar-refractivity contribution in [2.75, 3.05) is 54.5 Å². The van der Waals surface area contributed by atoms with Crippen molar-refractivity contribution in [1.29, 1.82) is 0 Å². The molecule has 1 N–H and O–H groups in total. The van der Waals surface area contributed by atoms with Gasteiger partial charge in [-0.2, -0.15) is 12.8 Å². The van der Waals surface area contributed by atoms with Crippen LogP contribution in [0.1, 0.15) is 97.5 Å². The van der Waals surface area contributed by atoms with Gasteiger partial charge in [-0.3, -0.25) is 14.8 Å². The van der Waals surface area contributed by atoms with Gasteiger partial charge in [0, 0.05) is 33.9 Å². The van der Waals surface area contributed by atoms with Crippen molar-refractivity contribution in [3.05, 3.63) is 120 Å². The first-order chi connectivity index (χ1) is 26.8. The molecule has 0 spiro atoms. The summed E-state index contributed by atoms with van der Waals surface area (Å²) in [6.45, 7) is 12.4. The molecule has 2 saturated heterocycles. The van der Waals surface area contributed by atoms with Crippen LogP contribution in [0.4, 0.5) is 0 Å². The summed E-state index contributed by atoms with van der Waals surface area (Å²) in [6.07, 6.45) is 13.4. The van der Waals surface area contributed by atoms with E-state index in [9.17, 15) is 9.90 Å². The molecule has 2 fully saturated rings. The SMILES string of the molecule is CN1CC[CH-]CC1.COc1cc(C)c(Cl)c2c1C(=O)c1ncc(C)cc1CC2.COc1cc(C)c(Cl)c2c1C(O)(C1CCN(C)CC1)c1ncc(C)cc1CC2.[Cl-].[Mg+2]. The first-order valence-corrected chi connectivity index (χ1v) is 20.6. The number of nitrogens with zero attached hydrogens (tertiary/aromatic N) is 4. The van der Waals surface area contributed by atoms with E-state index in [1.54, 1.807) is 20.4 Å². The van der Waals surface area contributed by atoms with Gasteiger partial charge in [-0.25, -0.2) is 0 Å². The van der Waals surface area contributed by atoms with Gasteiger partial charge in [-0.1, -0.05) is 35.3 Å². The third-order valence-electron chi connectivity index (χ3n) is 11.9. The monoisotopic (exact) mass is 858 g/mol. The van der Waals surface area contributed by atoms with Crippen molar-refractivity contribution in [1.82, 2.24) is 19.8 Å². The number of methoxy groups -OCH3 is 2. The van der Waals surface area contributed by atoms with E-state index in [-0.39, 0.29) is 47.2 Å². The smallest absolute Gasteiger partial charge is 1.00 e. The number of hydrogen-bond acceptors (Lipinski definition) is 8. The summed E-state index contributed by atoms with van der Waals surface area (Å²) in [5.74, 6) is 1.26. The van der Waals surface area contributed by atoms with E-state index in [0.29, 0.717) is 27.8 Å². The Bertz CT molecular complexity index is 2090. The minimum absolute atomic E-state index is 0. The molecule has 4 aliphatic rings. The molecule has 4 heterocycles. The Morgan fingerprint density at radius 3 is 1.86 bits per heavy atom. The van der Waals surface area contributed by atoms with E-state index in [2.05, 4.69) is 48.3 Å². The molecule has 58 heavy (non-hydrogen) atoms. The number of ketones is 1. The number of halogens is 3. The normalized spacial score (nSPS) is 19.1. The predicted molar refractivity (Wildman–Crippen MR) is 232 cm³/mol. The zero-order valence-electron chi connectivity index (χ0n) is 35.4. The van der Waals surface area contributed by atoms with Crippen molar-refractivity contribution in [2.45, 2.75) is 84.7 Å². The Kier molecular flexibility index (Phi) is 17.3. The molecule has 4 aromatic rings. The Morgan fingerprint density at radius 1 is 0.759 bits per heavy atom. The summed E-state index contributed by atoms with van der Waals surface area (Å²) in [4.78, 5) is 26.7. The fourth-order valence-corrected chi connectivity index (χ4v) is 9.25. The number of benzene rings is 2. The number of piperidine rings is 2. The molecule has 8 rings (SSSR count). The number of fused-ring (bicyclic) bond motifs is 4. The first-order valence-electron chi connectivity index (χ1n) is 19.9. The molecular weight excluding hydrogens is 803 g/mol. The van der Waals surface area contributed by atoms with Crippen LogP contribution in [-0.4, -0.2) is 108 Å². The van der Waals surface area contributed by atoms with Crippen molar-refractivity contribution in [2.24, 2.45) is 5.92 Å². The van der Waals surface area contributed by atoms with Gasteiger partial charge in [-0.15, -0.1) is 0 Å². The molecule has 0 saturated carbocycles. The second kappa shape index (κ2) is 20.9. The number of carbonyl (C=O) groups is 1.